The minimum atomic E-state index is -0.320. The van der Waals surface area contributed by atoms with Gasteiger partial charge in [0.2, 0.25) is 0 Å². The minimum absolute atomic E-state index is 0.0110. The lowest BCUT2D eigenvalue weighted by Gasteiger charge is -2.09. The van der Waals surface area contributed by atoms with E-state index in [9.17, 15) is 9.59 Å². The summed E-state index contributed by atoms with van der Waals surface area (Å²) in [5.41, 5.74) is 4.42. The van der Waals surface area contributed by atoms with Gasteiger partial charge in [-0.3, -0.25) is 9.59 Å². The lowest BCUT2D eigenvalue weighted by atomic mass is 10.1. The van der Waals surface area contributed by atoms with Crippen molar-refractivity contribution in [3.8, 4) is 0 Å². The van der Waals surface area contributed by atoms with Crippen molar-refractivity contribution in [2.45, 2.75) is 20.8 Å². The Bertz CT molecular complexity index is 997. The molecule has 6 heteroatoms. The molecule has 2 aromatic carbocycles. The average molecular weight is 360 g/mol. The second-order valence-electron chi connectivity index (χ2n) is 6.34. The fourth-order valence-corrected chi connectivity index (χ4v) is 2.62. The first-order chi connectivity index (χ1) is 12.9. The van der Waals surface area contributed by atoms with Crippen LogP contribution in [0, 0.1) is 13.8 Å². The summed E-state index contributed by atoms with van der Waals surface area (Å²) < 4.78 is 0. The quantitative estimate of drug-likeness (QED) is 0.663. The van der Waals surface area contributed by atoms with Gasteiger partial charge in [-0.25, -0.2) is 0 Å². The van der Waals surface area contributed by atoms with Crippen LogP contribution in [-0.2, 0) is 0 Å². The van der Waals surface area contributed by atoms with Crippen molar-refractivity contribution in [2.75, 3.05) is 10.6 Å². The van der Waals surface area contributed by atoms with Crippen molar-refractivity contribution < 1.29 is 9.59 Å². The molecule has 0 aliphatic heterocycles. The highest BCUT2D eigenvalue weighted by atomic mass is 16.2. The van der Waals surface area contributed by atoms with Crippen molar-refractivity contribution in [3.05, 3.63) is 77.0 Å². The lowest BCUT2D eigenvalue weighted by molar-refractivity contribution is 0.101. The van der Waals surface area contributed by atoms with E-state index in [-0.39, 0.29) is 17.4 Å². The Morgan fingerprint density at radius 1 is 0.926 bits per heavy atom. The largest absolute Gasteiger partial charge is 0.339 e. The number of carbonyl (C=O) groups excluding carboxylic acids is 2. The summed E-state index contributed by atoms with van der Waals surface area (Å²) in [7, 11) is 0. The molecule has 136 valence electrons. The number of nitrogens with one attached hydrogen (secondary N) is 2. The van der Waals surface area contributed by atoms with Gasteiger partial charge < -0.3 is 10.6 Å². The Morgan fingerprint density at radius 3 is 2.41 bits per heavy atom. The first-order valence-electron chi connectivity index (χ1n) is 8.53. The first kappa shape index (κ1) is 18.3. The molecule has 0 saturated carbocycles. The molecule has 2 N–H and O–H groups in total. The van der Waals surface area contributed by atoms with Crippen molar-refractivity contribution >= 4 is 28.9 Å². The van der Waals surface area contributed by atoms with Crippen molar-refractivity contribution in [3.63, 3.8) is 0 Å². The monoisotopic (exact) mass is 360 g/mol. The van der Waals surface area contributed by atoms with E-state index in [0.29, 0.717) is 11.4 Å². The molecular formula is C21H20N4O2. The van der Waals surface area contributed by atoms with Crippen molar-refractivity contribution in [1.82, 2.24) is 10.2 Å². The summed E-state index contributed by atoms with van der Waals surface area (Å²) in [6.07, 6.45) is 0. The molecule has 1 amide bonds. The highest BCUT2D eigenvalue weighted by Crippen LogP contribution is 2.18. The van der Waals surface area contributed by atoms with E-state index in [1.807, 2.05) is 38.1 Å². The number of aromatic nitrogens is 2. The Balaban J connectivity index is 1.70. The third kappa shape index (κ3) is 4.55. The van der Waals surface area contributed by atoms with Crippen LogP contribution in [-0.4, -0.2) is 21.9 Å². The highest BCUT2D eigenvalue weighted by molar-refractivity contribution is 6.03. The highest BCUT2D eigenvalue weighted by Gasteiger charge is 2.10. The fourth-order valence-electron chi connectivity index (χ4n) is 2.62. The number of anilines is 3. The van der Waals surface area contributed by atoms with E-state index >= 15 is 0 Å². The number of hydrogen-bond donors (Lipinski definition) is 2. The molecule has 1 heterocycles. The third-order valence-corrected chi connectivity index (χ3v) is 4.07. The summed E-state index contributed by atoms with van der Waals surface area (Å²) in [5, 5.41) is 13.9. The smallest absolute Gasteiger partial charge is 0.276 e. The number of aryl methyl sites for hydroxylation is 2. The topological polar surface area (TPSA) is 84.0 Å². The third-order valence-electron chi connectivity index (χ3n) is 4.07. The molecule has 1 aromatic heterocycles. The number of nitrogens with zero attached hydrogens (tertiary/aromatic N) is 2. The second-order valence-corrected chi connectivity index (χ2v) is 6.34. The zero-order chi connectivity index (χ0) is 19.4. The molecule has 0 fully saturated rings. The number of ketones is 1. The summed E-state index contributed by atoms with van der Waals surface area (Å²) in [4.78, 5) is 23.8. The number of amides is 1. The molecule has 3 rings (SSSR count). The number of carbonyl (C=O) groups is 2. The summed E-state index contributed by atoms with van der Waals surface area (Å²) in [5.74, 6) is 0.154. The van der Waals surface area contributed by atoms with Gasteiger partial charge in [0.1, 0.15) is 0 Å². The molecule has 0 saturated heterocycles. The first-order valence-corrected chi connectivity index (χ1v) is 8.53. The molecule has 6 nitrogen and oxygen atoms in total. The summed E-state index contributed by atoms with van der Waals surface area (Å²) in [6, 6.07) is 16.2. The van der Waals surface area contributed by atoms with Gasteiger partial charge in [0.25, 0.3) is 5.91 Å². The van der Waals surface area contributed by atoms with E-state index in [4.69, 9.17) is 0 Å². The fraction of sp³-hybridized carbons (Fsp3) is 0.143. The maximum absolute atomic E-state index is 12.4. The standard InChI is InChI=1S/C21H20N4O2/c1-13-7-8-18(14(2)11-13)23-21(27)19-9-10-20(25-24-19)22-17-6-4-5-16(12-17)15(3)26/h4-12H,1-3H3,(H,22,25)(H,23,27). The Kier molecular flexibility index (Phi) is 5.26. The average Bonchev–Trinajstić information content (AvgIpc) is 2.65. The Morgan fingerprint density at radius 2 is 1.74 bits per heavy atom. The molecule has 0 aliphatic rings. The van der Waals surface area contributed by atoms with Crippen molar-refractivity contribution in [2.24, 2.45) is 0 Å². The molecule has 3 aromatic rings. The normalized spacial score (nSPS) is 10.3. The predicted octanol–water partition coefficient (Wildman–Crippen LogP) is 4.29. The van der Waals surface area contributed by atoms with Gasteiger partial charge in [-0.15, -0.1) is 10.2 Å². The molecule has 0 radical (unpaired) electrons. The van der Waals surface area contributed by atoms with Gasteiger partial charge in [-0.1, -0.05) is 29.8 Å². The second kappa shape index (κ2) is 7.78. The zero-order valence-electron chi connectivity index (χ0n) is 15.4. The predicted molar refractivity (Wildman–Crippen MR) is 106 cm³/mol. The number of Topliss-reactive ketones (excluding diaryl/α,β-unsaturated/α-hetero) is 1. The van der Waals surface area contributed by atoms with Crippen LogP contribution in [0.15, 0.2) is 54.6 Å². The van der Waals surface area contributed by atoms with E-state index in [2.05, 4.69) is 20.8 Å². The molecule has 0 atom stereocenters. The van der Waals surface area contributed by atoms with Crippen LogP contribution in [0.1, 0.15) is 38.9 Å². The Labute approximate surface area is 157 Å². The van der Waals surface area contributed by atoms with Crippen LogP contribution in [0.5, 0.6) is 0 Å². The van der Waals surface area contributed by atoms with E-state index < -0.39 is 0 Å². The molecule has 0 spiro atoms. The Hall–Kier alpha value is -3.54. The maximum atomic E-state index is 12.4. The van der Waals surface area contributed by atoms with Crippen LogP contribution in [0.25, 0.3) is 0 Å². The van der Waals surface area contributed by atoms with E-state index in [1.54, 1.807) is 30.3 Å². The molecule has 27 heavy (non-hydrogen) atoms. The number of rotatable bonds is 5. The SMILES string of the molecule is CC(=O)c1cccc(Nc2ccc(C(=O)Nc3ccc(C)cc3C)nn2)c1. The van der Waals surface area contributed by atoms with Gasteiger partial charge in [0.05, 0.1) is 0 Å². The number of hydrogen-bond acceptors (Lipinski definition) is 5. The van der Waals surface area contributed by atoms with E-state index in [1.165, 1.54) is 6.92 Å². The number of benzene rings is 2. The maximum Gasteiger partial charge on any atom is 0.276 e. The van der Waals surface area contributed by atoms with E-state index in [0.717, 1.165) is 22.5 Å². The minimum Gasteiger partial charge on any atom is -0.339 e. The summed E-state index contributed by atoms with van der Waals surface area (Å²) in [6.45, 7) is 5.46. The van der Waals surface area contributed by atoms with Gasteiger partial charge >= 0.3 is 0 Å². The molecule has 0 unspecified atom stereocenters. The summed E-state index contributed by atoms with van der Waals surface area (Å²) >= 11 is 0. The van der Waals surface area contributed by atoms with Gasteiger partial charge in [0, 0.05) is 16.9 Å². The van der Waals surface area contributed by atoms with Gasteiger partial charge in [0.15, 0.2) is 17.3 Å². The van der Waals surface area contributed by atoms with Crippen molar-refractivity contribution in [1.29, 1.82) is 0 Å². The molecular weight excluding hydrogens is 340 g/mol. The van der Waals surface area contributed by atoms with Crippen LogP contribution >= 0.6 is 0 Å². The van der Waals surface area contributed by atoms with Crippen LogP contribution in [0.3, 0.4) is 0 Å². The van der Waals surface area contributed by atoms with Crippen LogP contribution in [0.2, 0.25) is 0 Å². The van der Waals surface area contributed by atoms with Gasteiger partial charge in [-0.2, -0.15) is 0 Å². The van der Waals surface area contributed by atoms with Crippen LogP contribution in [0.4, 0.5) is 17.2 Å². The zero-order valence-corrected chi connectivity index (χ0v) is 15.4. The van der Waals surface area contributed by atoms with Gasteiger partial charge in [-0.05, 0) is 56.7 Å². The lowest BCUT2D eigenvalue weighted by Crippen LogP contribution is -2.15. The van der Waals surface area contributed by atoms with Crippen LogP contribution < -0.4 is 10.6 Å². The molecule has 0 bridgehead atoms. The molecule has 0 aliphatic carbocycles.